The van der Waals surface area contributed by atoms with Crippen LogP contribution in [-0.4, -0.2) is 28.1 Å². The van der Waals surface area contributed by atoms with Gasteiger partial charge in [-0.05, 0) is 74.2 Å². The summed E-state index contributed by atoms with van der Waals surface area (Å²) in [6.07, 6.45) is 10.9. The Balaban J connectivity index is 1.46. The first-order chi connectivity index (χ1) is 14.5. The SMILES string of the molecule is CC(C)CC1C=CC(C(C)c2nc(-c3cccc(CN4CCCC4)c3)no2)=CC1C. The van der Waals surface area contributed by atoms with Gasteiger partial charge in [0.25, 0.3) is 0 Å². The predicted octanol–water partition coefficient (Wildman–Crippen LogP) is 6.23. The highest BCUT2D eigenvalue weighted by Crippen LogP contribution is 2.34. The van der Waals surface area contributed by atoms with Crippen LogP contribution in [0.25, 0.3) is 11.4 Å². The van der Waals surface area contributed by atoms with Crippen molar-refractivity contribution in [1.82, 2.24) is 15.0 Å². The quantitative estimate of drug-likeness (QED) is 0.547. The molecule has 0 radical (unpaired) electrons. The number of hydrogen-bond acceptors (Lipinski definition) is 4. The van der Waals surface area contributed by atoms with E-state index in [-0.39, 0.29) is 5.92 Å². The third kappa shape index (κ3) is 4.92. The van der Waals surface area contributed by atoms with Crippen LogP contribution in [0.15, 0.2) is 52.6 Å². The van der Waals surface area contributed by atoms with Gasteiger partial charge in [-0.3, -0.25) is 4.90 Å². The van der Waals surface area contributed by atoms with Crippen molar-refractivity contribution in [2.45, 2.75) is 59.4 Å². The average molecular weight is 406 g/mol. The van der Waals surface area contributed by atoms with Gasteiger partial charge in [-0.1, -0.05) is 62.4 Å². The standard InChI is InChI=1S/C26H35N3O/c1-18(2)14-22-10-11-23(15-19(22)3)20(4)26-27-25(28-30-26)24-9-7-8-21(16-24)17-29-12-5-6-13-29/h7-11,15-16,18-20,22H,5-6,12-14,17H2,1-4H3. The zero-order valence-corrected chi connectivity index (χ0v) is 18.8. The van der Waals surface area contributed by atoms with Crippen molar-refractivity contribution in [2.24, 2.45) is 17.8 Å². The van der Waals surface area contributed by atoms with E-state index in [1.165, 1.54) is 43.5 Å². The molecule has 2 aromatic rings. The Labute approximate surface area is 181 Å². The summed E-state index contributed by atoms with van der Waals surface area (Å²) in [6.45, 7) is 12.5. The van der Waals surface area contributed by atoms with Gasteiger partial charge in [0.15, 0.2) is 0 Å². The Morgan fingerprint density at radius 2 is 1.97 bits per heavy atom. The normalized spacial score (nSPS) is 23.2. The molecule has 4 rings (SSSR count). The van der Waals surface area contributed by atoms with Crippen LogP contribution in [-0.2, 0) is 6.54 Å². The smallest absolute Gasteiger partial charge is 0.234 e. The molecule has 1 fully saturated rings. The summed E-state index contributed by atoms with van der Waals surface area (Å²) in [5, 5.41) is 4.30. The van der Waals surface area contributed by atoms with Crippen LogP contribution in [0.3, 0.4) is 0 Å². The largest absolute Gasteiger partial charge is 0.338 e. The molecule has 0 bridgehead atoms. The number of aromatic nitrogens is 2. The third-order valence-corrected chi connectivity index (χ3v) is 6.51. The maximum absolute atomic E-state index is 5.69. The molecule has 3 unspecified atom stereocenters. The summed E-state index contributed by atoms with van der Waals surface area (Å²) in [6, 6.07) is 8.57. The van der Waals surface area contributed by atoms with Crippen molar-refractivity contribution >= 4 is 0 Å². The topological polar surface area (TPSA) is 42.2 Å². The number of hydrogen-bond donors (Lipinski definition) is 0. The van der Waals surface area contributed by atoms with E-state index in [1.807, 2.05) is 0 Å². The van der Waals surface area contributed by atoms with Gasteiger partial charge in [-0.25, -0.2) is 0 Å². The molecule has 0 saturated carbocycles. The van der Waals surface area contributed by atoms with Gasteiger partial charge >= 0.3 is 0 Å². The molecule has 1 aromatic heterocycles. The Morgan fingerprint density at radius 3 is 2.70 bits per heavy atom. The molecule has 1 aromatic carbocycles. The molecule has 4 nitrogen and oxygen atoms in total. The number of allylic oxidation sites excluding steroid dienone is 4. The number of rotatable bonds is 7. The fourth-order valence-corrected chi connectivity index (χ4v) is 4.70. The monoisotopic (exact) mass is 405 g/mol. The van der Waals surface area contributed by atoms with Gasteiger partial charge in [0.05, 0.1) is 5.92 Å². The van der Waals surface area contributed by atoms with Crippen molar-refractivity contribution < 1.29 is 4.52 Å². The number of nitrogens with zero attached hydrogens (tertiary/aromatic N) is 3. The van der Waals surface area contributed by atoms with Crippen LogP contribution in [0.4, 0.5) is 0 Å². The van der Waals surface area contributed by atoms with Crippen LogP contribution in [0.5, 0.6) is 0 Å². The molecular weight excluding hydrogens is 370 g/mol. The van der Waals surface area contributed by atoms with Crippen molar-refractivity contribution in [3.05, 3.63) is 59.5 Å². The zero-order chi connectivity index (χ0) is 21.1. The van der Waals surface area contributed by atoms with Gasteiger partial charge < -0.3 is 4.52 Å². The first kappa shape index (κ1) is 21.0. The second-order valence-corrected chi connectivity index (χ2v) is 9.54. The lowest BCUT2D eigenvalue weighted by Crippen LogP contribution is -2.18. The van der Waals surface area contributed by atoms with Crippen LogP contribution >= 0.6 is 0 Å². The molecule has 30 heavy (non-hydrogen) atoms. The minimum Gasteiger partial charge on any atom is -0.338 e. The van der Waals surface area contributed by atoms with Gasteiger partial charge in [0.2, 0.25) is 11.7 Å². The van der Waals surface area contributed by atoms with Crippen LogP contribution in [0.2, 0.25) is 0 Å². The van der Waals surface area contributed by atoms with Gasteiger partial charge in [0.1, 0.15) is 0 Å². The highest BCUT2D eigenvalue weighted by atomic mass is 16.5. The van der Waals surface area contributed by atoms with Crippen LogP contribution in [0, 0.1) is 17.8 Å². The third-order valence-electron chi connectivity index (χ3n) is 6.51. The van der Waals surface area contributed by atoms with E-state index in [1.54, 1.807) is 0 Å². The lowest BCUT2D eigenvalue weighted by molar-refractivity contribution is 0.331. The molecule has 2 heterocycles. The lowest BCUT2D eigenvalue weighted by Gasteiger charge is -2.25. The van der Waals surface area contributed by atoms with E-state index in [0.29, 0.717) is 29.5 Å². The summed E-state index contributed by atoms with van der Waals surface area (Å²) in [5.41, 5.74) is 3.63. The average Bonchev–Trinajstić information content (AvgIpc) is 3.41. The minimum atomic E-state index is 0.109. The first-order valence-electron chi connectivity index (χ1n) is 11.5. The van der Waals surface area contributed by atoms with Crippen LogP contribution in [0.1, 0.15) is 64.3 Å². The number of likely N-dealkylation sites (tertiary alicyclic amines) is 1. The van der Waals surface area contributed by atoms with E-state index in [9.17, 15) is 0 Å². The molecule has 1 aliphatic carbocycles. The Kier molecular flexibility index (Phi) is 6.52. The number of benzene rings is 1. The highest BCUT2D eigenvalue weighted by molar-refractivity contribution is 5.55. The summed E-state index contributed by atoms with van der Waals surface area (Å²) in [4.78, 5) is 7.27. The summed E-state index contributed by atoms with van der Waals surface area (Å²) in [5.74, 6) is 3.37. The molecule has 0 N–H and O–H groups in total. The van der Waals surface area contributed by atoms with E-state index in [2.05, 4.69) is 80.2 Å². The van der Waals surface area contributed by atoms with E-state index < -0.39 is 0 Å². The van der Waals surface area contributed by atoms with E-state index in [4.69, 9.17) is 9.51 Å². The van der Waals surface area contributed by atoms with Crippen molar-refractivity contribution in [3.63, 3.8) is 0 Å². The maximum atomic E-state index is 5.69. The second kappa shape index (κ2) is 9.30. The molecule has 0 amide bonds. The first-order valence-corrected chi connectivity index (χ1v) is 11.5. The second-order valence-electron chi connectivity index (χ2n) is 9.54. The van der Waals surface area contributed by atoms with Gasteiger partial charge in [-0.2, -0.15) is 4.98 Å². The molecule has 3 atom stereocenters. The zero-order valence-electron chi connectivity index (χ0n) is 18.8. The van der Waals surface area contributed by atoms with Gasteiger partial charge in [-0.15, -0.1) is 0 Å². The molecular formula is C26H35N3O. The Bertz CT molecular complexity index is 905. The lowest BCUT2D eigenvalue weighted by atomic mass is 9.80. The Morgan fingerprint density at radius 1 is 1.17 bits per heavy atom. The van der Waals surface area contributed by atoms with E-state index >= 15 is 0 Å². The highest BCUT2D eigenvalue weighted by Gasteiger charge is 2.24. The molecule has 1 aliphatic heterocycles. The van der Waals surface area contributed by atoms with E-state index in [0.717, 1.165) is 12.1 Å². The van der Waals surface area contributed by atoms with Crippen molar-refractivity contribution in [2.75, 3.05) is 13.1 Å². The predicted molar refractivity (Wildman–Crippen MR) is 122 cm³/mol. The van der Waals surface area contributed by atoms with Crippen LogP contribution < -0.4 is 0 Å². The van der Waals surface area contributed by atoms with Crippen molar-refractivity contribution in [3.8, 4) is 11.4 Å². The summed E-state index contributed by atoms with van der Waals surface area (Å²) >= 11 is 0. The molecule has 1 saturated heterocycles. The molecule has 160 valence electrons. The maximum Gasteiger partial charge on any atom is 0.234 e. The molecule has 0 spiro atoms. The van der Waals surface area contributed by atoms with Gasteiger partial charge in [0, 0.05) is 12.1 Å². The minimum absolute atomic E-state index is 0.109. The fraction of sp³-hybridized carbons (Fsp3) is 0.538. The Hall–Kier alpha value is -2.20. The summed E-state index contributed by atoms with van der Waals surface area (Å²) in [7, 11) is 0. The molecule has 4 heteroatoms. The summed E-state index contributed by atoms with van der Waals surface area (Å²) < 4.78 is 5.69. The van der Waals surface area contributed by atoms with Crippen molar-refractivity contribution in [1.29, 1.82) is 0 Å². The fourth-order valence-electron chi connectivity index (χ4n) is 4.70. The molecule has 2 aliphatic rings.